The average Bonchev–Trinajstić information content (AvgIpc) is 2.73. The van der Waals surface area contributed by atoms with Crippen LogP contribution in [0.5, 0.6) is 11.5 Å². The SMILES string of the molecule is COc1ccc(N2CCN(S(=O)(=O)c3ccc(C(C)C)cc3)CC2)c(OC)c1. The Morgan fingerprint density at radius 1 is 0.893 bits per heavy atom. The zero-order chi connectivity index (χ0) is 20.3. The number of nitrogens with zero attached hydrogens (tertiary/aromatic N) is 2. The Balaban J connectivity index is 1.72. The van der Waals surface area contributed by atoms with Crippen molar-refractivity contribution in [1.82, 2.24) is 4.31 Å². The Bertz CT molecular complexity index is 903. The molecule has 0 unspecified atom stereocenters. The van der Waals surface area contributed by atoms with Gasteiger partial charge >= 0.3 is 0 Å². The largest absolute Gasteiger partial charge is 0.497 e. The number of anilines is 1. The van der Waals surface area contributed by atoms with Crippen LogP contribution in [0, 0.1) is 0 Å². The molecule has 28 heavy (non-hydrogen) atoms. The second kappa shape index (κ2) is 8.41. The van der Waals surface area contributed by atoms with Gasteiger partial charge in [0.15, 0.2) is 0 Å². The van der Waals surface area contributed by atoms with Crippen LogP contribution in [-0.2, 0) is 10.0 Å². The molecule has 0 aliphatic carbocycles. The Kier molecular flexibility index (Phi) is 6.15. The van der Waals surface area contributed by atoms with Gasteiger partial charge in [0.1, 0.15) is 11.5 Å². The van der Waals surface area contributed by atoms with E-state index in [4.69, 9.17) is 9.47 Å². The van der Waals surface area contributed by atoms with E-state index in [1.54, 1.807) is 30.7 Å². The fourth-order valence-electron chi connectivity index (χ4n) is 3.39. The van der Waals surface area contributed by atoms with Gasteiger partial charge in [-0.1, -0.05) is 26.0 Å². The standard InChI is InChI=1S/C21H28N2O4S/c1-16(2)17-5-8-19(9-6-17)28(24,25)23-13-11-22(12-14-23)20-10-7-18(26-3)15-21(20)27-4/h5-10,15-16H,11-14H2,1-4H3. The summed E-state index contributed by atoms with van der Waals surface area (Å²) in [5.74, 6) is 1.83. The second-order valence-corrected chi connectivity index (χ2v) is 9.09. The zero-order valence-corrected chi connectivity index (χ0v) is 17.7. The molecule has 1 fully saturated rings. The number of hydrogen-bond acceptors (Lipinski definition) is 5. The Labute approximate surface area is 167 Å². The summed E-state index contributed by atoms with van der Waals surface area (Å²) in [6, 6.07) is 12.9. The van der Waals surface area contributed by atoms with Gasteiger partial charge in [-0.15, -0.1) is 0 Å². The fourth-order valence-corrected chi connectivity index (χ4v) is 4.81. The molecular formula is C21H28N2O4S. The molecule has 0 spiro atoms. The van der Waals surface area contributed by atoms with Crippen molar-refractivity contribution >= 4 is 15.7 Å². The van der Waals surface area contributed by atoms with Crippen LogP contribution in [0.1, 0.15) is 25.3 Å². The molecule has 0 aromatic heterocycles. The molecular weight excluding hydrogens is 376 g/mol. The lowest BCUT2D eigenvalue weighted by Crippen LogP contribution is -2.48. The van der Waals surface area contributed by atoms with Gasteiger partial charge in [0.25, 0.3) is 0 Å². The maximum absolute atomic E-state index is 13.0. The van der Waals surface area contributed by atoms with Crippen molar-refractivity contribution in [2.24, 2.45) is 0 Å². The van der Waals surface area contributed by atoms with Crippen LogP contribution in [0.4, 0.5) is 5.69 Å². The van der Waals surface area contributed by atoms with Crippen LogP contribution in [-0.4, -0.2) is 53.1 Å². The molecule has 1 saturated heterocycles. The summed E-state index contributed by atoms with van der Waals surface area (Å²) in [6.07, 6.45) is 0. The molecule has 152 valence electrons. The van der Waals surface area contributed by atoms with Gasteiger partial charge in [0.2, 0.25) is 10.0 Å². The number of benzene rings is 2. The third-order valence-corrected chi connectivity index (χ3v) is 7.06. The second-order valence-electron chi connectivity index (χ2n) is 7.15. The monoisotopic (exact) mass is 404 g/mol. The number of rotatable bonds is 6. The van der Waals surface area contributed by atoms with Crippen LogP contribution in [0.3, 0.4) is 0 Å². The smallest absolute Gasteiger partial charge is 0.243 e. The fraction of sp³-hybridized carbons (Fsp3) is 0.429. The molecule has 0 N–H and O–H groups in total. The molecule has 0 bridgehead atoms. The molecule has 2 aromatic carbocycles. The predicted molar refractivity (Wildman–Crippen MR) is 111 cm³/mol. The van der Waals surface area contributed by atoms with Crippen molar-refractivity contribution in [3.05, 3.63) is 48.0 Å². The maximum Gasteiger partial charge on any atom is 0.243 e. The van der Waals surface area contributed by atoms with Crippen LogP contribution in [0.15, 0.2) is 47.4 Å². The minimum absolute atomic E-state index is 0.354. The molecule has 0 radical (unpaired) electrons. The van der Waals surface area contributed by atoms with Gasteiger partial charge in [0, 0.05) is 32.2 Å². The number of methoxy groups -OCH3 is 2. The Morgan fingerprint density at radius 2 is 1.54 bits per heavy atom. The summed E-state index contributed by atoms with van der Waals surface area (Å²) in [6.45, 7) is 6.26. The van der Waals surface area contributed by atoms with Crippen molar-refractivity contribution in [3.63, 3.8) is 0 Å². The van der Waals surface area contributed by atoms with Crippen LogP contribution >= 0.6 is 0 Å². The Hall–Kier alpha value is -2.25. The number of piperazine rings is 1. The summed E-state index contributed by atoms with van der Waals surface area (Å²) in [4.78, 5) is 2.50. The van der Waals surface area contributed by atoms with E-state index in [0.717, 1.165) is 22.7 Å². The summed E-state index contributed by atoms with van der Waals surface area (Å²) in [7, 11) is -0.239. The van der Waals surface area contributed by atoms with Gasteiger partial charge in [-0.25, -0.2) is 8.42 Å². The topological polar surface area (TPSA) is 59.1 Å². The van der Waals surface area contributed by atoms with Gasteiger partial charge in [-0.3, -0.25) is 0 Å². The van der Waals surface area contributed by atoms with Crippen LogP contribution < -0.4 is 14.4 Å². The first kappa shape index (κ1) is 20.5. The third-order valence-electron chi connectivity index (χ3n) is 5.15. The van der Waals surface area contributed by atoms with E-state index in [2.05, 4.69) is 18.7 Å². The molecule has 1 aliphatic heterocycles. The normalized spacial score (nSPS) is 15.7. The predicted octanol–water partition coefficient (Wildman–Crippen LogP) is 3.34. The van der Waals surface area contributed by atoms with E-state index in [1.807, 2.05) is 30.3 Å². The highest BCUT2D eigenvalue weighted by molar-refractivity contribution is 7.89. The summed E-state index contributed by atoms with van der Waals surface area (Å²) in [5, 5.41) is 0. The van der Waals surface area contributed by atoms with Crippen LogP contribution in [0.2, 0.25) is 0 Å². The van der Waals surface area contributed by atoms with Crippen molar-refractivity contribution in [1.29, 1.82) is 0 Å². The molecule has 1 aliphatic rings. The number of hydrogen-bond donors (Lipinski definition) is 0. The van der Waals surface area contributed by atoms with E-state index in [9.17, 15) is 8.42 Å². The summed E-state index contributed by atoms with van der Waals surface area (Å²) >= 11 is 0. The van der Waals surface area contributed by atoms with Crippen LogP contribution in [0.25, 0.3) is 0 Å². The molecule has 2 aromatic rings. The van der Waals surface area contributed by atoms with Gasteiger partial charge in [-0.2, -0.15) is 4.31 Å². The maximum atomic E-state index is 13.0. The lowest BCUT2D eigenvalue weighted by molar-refractivity contribution is 0.375. The minimum atomic E-state index is -3.48. The quantitative estimate of drug-likeness (QED) is 0.739. The molecule has 3 rings (SSSR count). The Morgan fingerprint density at radius 3 is 2.07 bits per heavy atom. The average molecular weight is 405 g/mol. The molecule has 0 amide bonds. The van der Waals surface area contributed by atoms with E-state index in [0.29, 0.717) is 37.0 Å². The zero-order valence-electron chi connectivity index (χ0n) is 16.9. The molecule has 6 nitrogen and oxygen atoms in total. The van der Waals surface area contributed by atoms with Crippen molar-refractivity contribution in [3.8, 4) is 11.5 Å². The van der Waals surface area contributed by atoms with E-state index < -0.39 is 10.0 Å². The number of sulfonamides is 1. The third kappa shape index (κ3) is 4.10. The minimum Gasteiger partial charge on any atom is -0.497 e. The molecule has 7 heteroatoms. The summed E-state index contributed by atoms with van der Waals surface area (Å²) in [5.41, 5.74) is 2.08. The van der Waals surface area contributed by atoms with Crippen molar-refractivity contribution in [2.45, 2.75) is 24.7 Å². The first-order valence-electron chi connectivity index (χ1n) is 9.44. The summed E-state index contributed by atoms with van der Waals surface area (Å²) < 4.78 is 38.3. The first-order chi connectivity index (χ1) is 13.4. The van der Waals surface area contributed by atoms with Gasteiger partial charge in [0.05, 0.1) is 24.8 Å². The highest BCUT2D eigenvalue weighted by Crippen LogP contribution is 2.33. The lowest BCUT2D eigenvalue weighted by Gasteiger charge is -2.36. The van der Waals surface area contributed by atoms with Crippen molar-refractivity contribution in [2.75, 3.05) is 45.3 Å². The molecule has 0 atom stereocenters. The van der Waals surface area contributed by atoms with E-state index in [1.165, 1.54) is 0 Å². The van der Waals surface area contributed by atoms with Gasteiger partial charge < -0.3 is 14.4 Å². The van der Waals surface area contributed by atoms with Gasteiger partial charge in [-0.05, 0) is 35.7 Å². The molecule has 0 saturated carbocycles. The molecule has 1 heterocycles. The van der Waals surface area contributed by atoms with Crippen molar-refractivity contribution < 1.29 is 17.9 Å². The highest BCUT2D eigenvalue weighted by atomic mass is 32.2. The lowest BCUT2D eigenvalue weighted by atomic mass is 10.0. The first-order valence-corrected chi connectivity index (χ1v) is 10.9. The highest BCUT2D eigenvalue weighted by Gasteiger charge is 2.29. The number of ether oxygens (including phenoxy) is 2. The van der Waals surface area contributed by atoms with E-state index in [-0.39, 0.29) is 0 Å². The van der Waals surface area contributed by atoms with E-state index >= 15 is 0 Å².